The van der Waals surface area contributed by atoms with Crippen molar-refractivity contribution >= 4 is 10.9 Å². The zero-order valence-electron chi connectivity index (χ0n) is 16.4. The number of hydrogen-bond acceptors (Lipinski definition) is 3. The summed E-state index contributed by atoms with van der Waals surface area (Å²) in [6.07, 6.45) is 1.68. The lowest BCUT2D eigenvalue weighted by molar-refractivity contribution is 0.582. The molecule has 2 aliphatic heterocycles. The van der Waals surface area contributed by atoms with Gasteiger partial charge in [0.2, 0.25) is 0 Å². The van der Waals surface area contributed by atoms with Gasteiger partial charge < -0.3 is 0 Å². The highest BCUT2D eigenvalue weighted by atomic mass is 16.2. The summed E-state index contributed by atoms with van der Waals surface area (Å²) in [5.74, 6) is 0.412. The van der Waals surface area contributed by atoms with Crippen LogP contribution in [0.25, 0.3) is 28.0 Å². The molecule has 0 radical (unpaired) electrons. The zero-order chi connectivity index (χ0) is 19.8. The van der Waals surface area contributed by atoms with Gasteiger partial charge in [-0.2, -0.15) is 4.98 Å². The van der Waals surface area contributed by atoms with E-state index in [0.29, 0.717) is 17.9 Å². The molecule has 0 unspecified atom stereocenters. The SMILES string of the molecule is CCCCn1c(=O)nc2n(-c3cccc(C)c3C)c3ccccc3cc-2c1=O. The maximum atomic E-state index is 13.1. The van der Waals surface area contributed by atoms with Crippen molar-refractivity contribution in [3.63, 3.8) is 0 Å². The number of fused-ring (bicyclic) bond motifs is 2. The lowest BCUT2D eigenvalue weighted by Crippen LogP contribution is -2.38. The summed E-state index contributed by atoms with van der Waals surface area (Å²) in [5, 5.41) is 0.940. The van der Waals surface area contributed by atoms with Gasteiger partial charge >= 0.3 is 5.69 Å². The van der Waals surface area contributed by atoms with Gasteiger partial charge in [0.15, 0.2) is 5.82 Å². The Morgan fingerprint density at radius 3 is 2.57 bits per heavy atom. The Morgan fingerprint density at radius 2 is 1.79 bits per heavy atom. The molecular formula is C23H23N3O2. The van der Waals surface area contributed by atoms with Gasteiger partial charge in [-0.15, -0.1) is 0 Å². The molecule has 28 heavy (non-hydrogen) atoms. The predicted octanol–water partition coefficient (Wildman–Crippen LogP) is 4.07. The van der Waals surface area contributed by atoms with E-state index in [1.165, 1.54) is 4.57 Å². The molecule has 2 aromatic rings. The van der Waals surface area contributed by atoms with Crippen LogP contribution in [0, 0.1) is 13.8 Å². The molecule has 0 N–H and O–H groups in total. The minimum absolute atomic E-state index is 0.270. The predicted molar refractivity (Wildman–Crippen MR) is 113 cm³/mol. The highest BCUT2D eigenvalue weighted by Gasteiger charge is 2.21. The second-order valence-electron chi connectivity index (χ2n) is 7.20. The van der Waals surface area contributed by atoms with Crippen molar-refractivity contribution in [1.29, 1.82) is 0 Å². The lowest BCUT2D eigenvalue weighted by Gasteiger charge is -2.21. The molecule has 142 valence electrons. The largest absolute Gasteiger partial charge is 0.352 e. The van der Waals surface area contributed by atoms with E-state index in [9.17, 15) is 9.59 Å². The third kappa shape index (κ3) is 2.83. The summed E-state index contributed by atoms with van der Waals surface area (Å²) in [7, 11) is 0. The standard InChI is InChI=1S/C23H23N3O2/c1-4-5-13-25-22(27)18-14-17-10-6-7-11-20(17)26(21(18)24-23(25)28)19-12-8-9-15(2)16(19)3/h6-12,14H,4-5,13H2,1-3H3. The van der Waals surface area contributed by atoms with Crippen molar-refractivity contribution in [3.05, 3.63) is 80.5 Å². The Hall–Kier alpha value is -3.21. The summed E-state index contributed by atoms with van der Waals surface area (Å²) in [6.45, 7) is 6.53. The van der Waals surface area contributed by atoms with Gasteiger partial charge in [0.1, 0.15) is 0 Å². The van der Waals surface area contributed by atoms with E-state index in [1.54, 1.807) is 0 Å². The first-order chi connectivity index (χ1) is 13.5. The van der Waals surface area contributed by atoms with Crippen LogP contribution in [-0.2, 0) is 6.54 Å². The van der Waals surface area contributed by atoms with Crippen LogP contribution in [0.1, 0.15) is 30.9 Å². The summed E-state index contributed by atoms with van der Waals surface area (Å²) in [6, 6.07) is 15.8. The normalized spacial score (nSPS) is 11.4. The Morgan fingerprint density at radius 1 is 1.00 bits per heavy atom. The fourth-order valence-corrected chi connectivity index (χ4v) is 3.65. The number of benzene rings is 2. The van der Waals surface area contributed by atoms with Gasteiger partial charge in [-0.05, 0) is 55.0 Å². The van der Waals surface area contributed by atoms with Crippen LogP contribution in [0.3, 0.4) is 0 Å². The highest BCUT2D eigenvalue weighted by Crippen LogP contribution is 2.29. The first-order valence-electron chi connectivity index (χ1n) is 9.65. The smallest absolute Gasteiger partial charge is 0.293 e. The summed E-state index contributed by atoms with van der Waals surface area (Å²) >= 11 is 0. The number of aryl methyl sites for hydroxylation is 1. The molecule has 0 amide bonds. The van der Waals surface area contributed by atoms with Crippen molar-refractivity contribution in [2.45, 2.75) is 40.2 Å². The van der Waals surface area contributed by atoms with Crippen LogP contribution in [0.15, 0.2) is 58.1 Å². The van der Waals surface area contributed by atoms with Crippen LogP contribution in [0.2, 0.25) is 0 Å². The summed E-state index contributed by atoms with van der Waals surface area (Å²) in [4.78, 5) is 30.2. The number of nitrogens with zero attached hydrogens (tertiary/aromatic N) is 3. The molecule has 0 aliphatic carbocycles. The van der Waals surface area contributed by atoms with Crippen molar-refractivity contribution in [3.8, 4) is 17.1 Å². The molecule has 2 aromatic carbocycles. The third-order valence-corrected chi connectivity index (χ3v) is 5.39. The van der Waals surface area contributed by atoms with E-state index in [4.69, 9.17) is 0 Å². The topological polar surface area (TPSA) is 56.9 Å². The molecule has 0 saturated carbocycles. The number of hydrogen-bond donors (Lipinski definition) is 0. The van der Waals surface area contributed by atoms with Crippen molar-refractivity contribution in [2.24, 2.45) is 0 Å². The zero-order valence-corrected chi connectivity index (χ0v) is 16.4. The van der Waals surface area contributed by atoms with Crippen molar-refractivity contribution < 1.29 is 0 Å². The average Bonchev–Trinajstić information content (AvgIpc) is 2.69. The molecule has 5 nitrogen and oxygen atoms in total. The van der Waals surface area contributed by atoms with Gasteiger partial charge in [0.25, 0.3) is 5.56 Å². The van der Waals surface area contributed by atoms with Gasteiger partial charge in [0, 0.05) is 6.54 Å². The second kappa shape index (κ2) is 7.08. The monoisotopic (exact) mass is 373 g/mol. The van der Waals surface area contributed by atoms with Crippen LogP contribution < -0.4 is 11.2 Å². The fraction of sp³-hybridized carbons (Fsp3) is 0.261. The molecule has 0 bridgehead atoms. The van der Waals surface area contributed by atoms with Gasteiger partial charge in [-0.3, -0.25) is 13.9 Å². The van der Waals surface area contributed by atoms with E-state index in [-0.39, 0.29) is 5.56 Å². The molecule has 5 heteroatoms. The maximum Gasteiger partial charge on any atom is 0.352 e. The maximum absolute atomic E-state index is 13.1. The first kappa shape index (κ1) is 18.2. The summed E-state index contributed by atoms with van der Waals surface area (Å²) in [5.41, 5.74) is 3.80. The molecule has 2 heterocycles. The fourth-order valence-electron chi connectivity index (χ4n) is 3.65. The van der Waals surface area contributed by atoms with E-state index >= 15 is 0 Å². The van der Waals surface area contributed by atoms with Gasteiger partial charge in [-0.1, -0.05) is 43.7 Å². The number of pyridine rings is 1. The van der Waals surface area contributed by atoms with Crippen LogP contribution in [0.4, 0.5) is 0 Å². The van der Waals surface area contributed by atoms with Gasteiger partial charge in [0.05, 0.1) is 16.8 Å². The minimum Gasteiger partial charge on any atom is -0.293 e. The van der Waals surface area contributed by atoms with Crippen molar-refractivity contribution in [1.82, 2.24) is 14.1 Å². The number of unbranched alkanes of at least 4 members (excludes halogenated alkanes) is 1. The quantitative estimate of drug-likeness (QED) is 0.507. The Kier molecular flexibility index (Phi) is 4.59. The number of aromatic nitrogens is 3. The Bertz CT molecular complexity index is 1270. The minimum atomic E-state index is -0.486. The molecule has 0 saturated heterocycles. The molecular weight excluding hydrogens is 350 g/mol. The molecule has 2 aliphatic rings. The molecule has 4 rings (SSSR count). The molecule has 0 spiro atoms. The lowest BCUT2D eigenvalue weighted by atomic mass is 10.0. The van der Waals surface area contributed by atoms with Crippen LogP contribution in [0.5, 0.6) is 0 Å². The Labute approximate surface area is 163 Å². The van der Waals surface area contributed by atoms with Crippen molar-refractivity contribution in [2.75, 3.05) is 0 Å². The van der Waals surface area contributed by atoms with E-state index in [1.807, 2.05) is 60.9 Å². The first-order valence-corrected chi connectivity index (χ1v) is 9.65. The average molecular weight is 373 g/mol. The Balaban J connectivity index is 2.17. The van der Waals surface area contributed by atoms with E-state index < -0.39 is 5.69 Å². The van der Waals surface area contributed by atoms with Crippen LogP contribution >= 0.6 is 0 Å². The van der Waals surface area contributed by atoms with E-state index in [0.717, 1.165) is 40.6 Å². The van der Waals surface area contributed by atoms with E-state index in [2.05, 4.69) is 18.0 Å². The number of rotatable bonds is 4. The second-order valence-corrected chi connectivity index (χ2v) is 7.20. The van der Waals surface area contributed by atoms with Crippen LogP contribution in [-0.4, -0.2) is 14.1 Å². The molecule has 0 fully saturated rings. The molecule has 0 aromatic heterocycles. The summed E-state index contributed by atoms with van der Waals surface area (Å²) < 4.78 is 3.20. The van der Waals surface area contributed by atoms with Gasteiger partial charge in [-0.25, -0.2) is 4.79 Å². The third-order valence-electron chi connectivity index (χ3n) is 5.39. The molecule has 0 atom stereocenters. The number of para-hydroxylation sites is 1. The highest BCUT2D eigenvalue weighted by molar-refractivity contribution is 5.87.